The second-order valence-electron chi connectivity index (χ2n) is 1.69. The molecule has 0 unspecified atom stereocenters. The Labute approximate surface area is 53.6 Å². The van der Waals surface area contributed by atoms with Gasteiger partial charge in [0.25, 0.3) is 0 Å². The molecule has 0 saturated heterocycles. The summed E-state index contributed by atoms with van der Waals surface area (Å²) in [7, 11) is 0. The largest absolute Gasteiger partial charge is 0.512 e. The van der Waals surface area contributed by atoms with Gasteiger partial charge in [-0.3, -0.25) is 4.79 Å². The third-order valence-electron chi connectivity index (χ3n) is 0.885. The van der Waals surface area contributed by atoms with Gasteiger partial charge in [-0.05, 0) is 6.42 Å². The average molecular weight is 130 g/mol. The van der Waals surface area contributed by atoms with Crippen molar-refractivity contribution in [3.63, 3.8) is 0 Å². The molecule has 0 aliphatic carbocycles. The fourth-order valence-corrected chi connectivity index (χ4v) is 0.427. The van der Waals surface area contributed by atoms with E-state index in [2.05, 4.69) is 0 Å². The first-order valence-electron chi connectivity index (χ1n) is 2.79. The Morgan fingerprint density at radius 1 is 1.67 bits per heavy atom. The number of aliphatic hydroxyl groups excluding tert-OH is 2. The summed E-state index contributed by atoms with van der Waals surface area (Å²) in [5.41, 5.74) is 0. The molecule has 0 aliphatic rings. The van der Waals surface area contributed by atoms with Gasteiger partial charge < -0.3 is 10.2 Å². The molecule has 0 fully saturated rings. The summed E-state index contributed by atoms with van der Waals surface area (Å²) in [6, 6.07) is 0. The van der Waals surface area contributed by atoms with Crippen molar-refractivity contribution in [2.75, 3.05) is 0 Å². The highest BCUT2D eigenvalue weighted by atomic mass is 16.3. The van der Waals surface area contributed by atoms with E-state index in [0.29, 0.717) is 12.7 Å². The minimum atomic E-state index is -0.558. The van der Waals surface area contributed by atoms with Gasteiger partial charge in [0, 0.05) is 6.42 Å². The van der Waals surface area contributed by atoms with Crippen LogP contribution in [-0.4, -0.2) is 16.0 Å². The zero-order chi connectivity index (χ0) is 7.28. The van der Waals surface area contributed by atoms with E-state index in [0.717, 1.165) is 0 Å². The number of hydrogen-bond donors (Lipinski definition) is 2. The lowest BCUT2D eigenvalue weighted by atomic mass is 10.2. The molecule has 0 aromatic carbocycles. The third-order valence-corrected chi connectivity index (χ3v) is 0.885. The summed E-state index contributed by atoms with van der Waals surface area (Å²) in [6.45, 7) is 1.82. The monoisotopic (exact) mass is 130 g/mol. The van der Waals surface area contributed by atoms with Crippen LogP contribution in [0.15, 0.2) is 12.0 Å². The van der Waals surface area contributed by atoms with Gasteiger partial charge in [-0.15, -0.1) is 0 Å². The van der Waals surface area contributed by atoms with Crippen LogP contribution in [0.4, 0.5) is 0 Å². The quantitative estimate of drug-likeness (QED) is 0.447. The Kier molecular flexibility index (Phi) is 3.51. The molecule has 0 heterocycles. The maximum absolute atomic E-state index is 10.5. The Morgan fingerprint density at radius 3 is 2.56 bits per heavy atom. The van der Waals surface area contributed by atoms with Crippen LogP contribution < -0.4 is 0 Å². The summed E-state index contributed by atoms with van der Waals surface area (Å²) in [4.78, 5) is 10.5. The van der Waals surface area contributed by atoms with Crippen molar-refractivity contribution in [2.45, 2.75) is 19.8 Å². The van der Waals surface area contributed by atoms with Gasteiger partial charge in [0.1, 0.15) is 6.26 Å². The summed E-state index contributed by atoms with van der Waals surface area (Å²) in [5, 5.41) is 16.6. The number of carbonyl (C=O) groups excluding carboxylic acids is 1. The molecular weight excluding hydrogens is 120 g/mol. The number of aliphatic hydroxyl groups is 2. The van der Waals surface area contributed by atoms with Crippen LogP contribution in [0.2, 0.25) is 0 Å². The van der Waals surface area contributed by atoms with E-state index in [4.69, 9.17) is 10.2 Å². The number of hydrogen-bond acceptors (Lipinski definition) is 3. The van der Waals surface area contributed by atoms with Crippen molar-refractivity contribution in [1.29, 1.82) is 0 Å². The van der Waals surface area contributed by atoms with Crippen LogP contribution in [0.3, 0.4) is 0 Å². The molecule has 0 bridgehead atoms. The van der Waals surface area contributed by atoms with Gasteiger partial charge in [-0.2, -0.15) is 0 Å². The molecular formula is C6H10O3. The number of allylic oxidation sites excluding steroid dienone is 1. The standard InChI is InChI=1S/C6H10O3/c1-2-3-5(8)6(9)4-7/h4,7,9H,2-3H2,1H3/b6-4-. The van der Waals surface area contributed by atoms with E-state index >= 15 is 0 Å². The fraction of sp³-hybridized carbons (Fsp3) is 0.500. The van der Waals surface area contributed by atoms with Gasteiger partial charge in [-0.25, -0.2) is 0 Å². The molecule has 0 amide bonds. The highest BCUT2D eigenvalue weighted by molar-refractivity contribution is 5.92. The van der Waals surface area contributed by atoms with Crippen LogP contribution in [0.25, 0.3) is 0 Å². The molecule has 0 saturated carbocycles. The van der Waals surface area contributed by atoms with Crippen LogP contribution in [0, 0.1) is 0 Å². The summed E-state index contributed by atoms with van der Waals surface area (Å²) >= 11 is 0. The molecule has 0 radical (unpaired) electrons. The normalized spacial score (nSPS) is 11.4. The van der Waals surface area contributed by atoms with Crippen molar-refractivity contribution < 1.29 is 15.0 Å². The third kappa shape index (κ3) is 2.74. The molecule has 52 valence electrons. The van der Waals surface area contributed by atoms with Crippen molar-refractivity contribution in [3.05, 3.63) is 12.0 Å². The van der Waals surface area contributed by atoms with Crippen molar-refractivity contribution in [2.24, 2.45) is 0 Å². The van der Waals surface area contributed by atoms with Gasteiger partial charge in [-0.1, -0.05) is 6.92 Å². The molecule has 3 heteroatoms. The van der Waals surface area contributed by atoms with Gasteiger partial charge in [0.05, 0.1) is 0 Å². The molecule has 0 spiro atoms. The zero-order valence-corrected chi connectivity index (χ0v) is 5.29. The minimum absolute atomic E-state index is 0.281. The molecule has 0 aromatic rings. The van der Waals surface area contributed by atoms with Gasteiger partial charge >= 0.3 is 0 Å². The van der Waals surface area contributed by atoms with Crippen LogP contribution in [-0.2, 0) is 4.79 Å². The Hall–Kier alpha value is -0.990. The molecule has 0 atom stereocenters. The first-order chi connectivity index (χ1) is 4.22. The lowest BCUT2D eigenvalue weighted by Gasteiger charge is -1.92. The van der Waals surface area contributed by atoms with Gasteiger partial charge in [0.15, 0.2) is 11.5 Å². The van der Waals surface area contributed by atoms with E-state index in [-0.39, 0.29) is 6.42 Å². The summed E-state index contributed by atoms with van der Waals surface area (Å²) in [5.74, 6) is -0.975. The van der Waals surface area contributed by atoms with Gasteiger partial charge in [0.2, 0.25) is 0 Å². The zero-order valence-electron chi connectivity index (χ0n) is 5.29. The lowest BCUT2D eigenvalue weighted by molar-refractivity contribution is -0.118. The highest BCUT2D eigenvalue weighted by Crippen LogP contribution is 1.96. The average Bonchev–Trinajstić information content (AvgIpc) is 1.87. The van der Waals surface area contributed by atoms with Crippen LogP contribution in [0.5, 0.6) is 0 Å². The van der Waals surface area contributed by atoms with E-state index in [1.165, 1.54) is 0 Å². The van der Waals surface area contributed by atoms with Crippen molar-refractivity contribution in [3.8, 4) is 0 Å². The topological polar surface area (TPSA) is 57.5 Å². The number of rotatable bonds is 3. The number of carbonyl (C=O) groups is 1. The smallest absolute Gasteiger partial charge is 0.200 e. The second kappa shape index (κ2) is 3.95. The summed E-state index contributed by atoms with van der Waals surface area (Å²) in [6.07, 6.45) is 1.37. The summed E-state index contributed by atoms with van der Waals surface area (Å²) < 4.78 is 0. The molecule has 9 heavy (non-hydrogen) atoms. The highest BCUT2D eigenvalue weighted by Gasteiger charge is 2.04. The van der Waals surface area contributed by atoms with Crippen molar-refractivity contribution in [1.82, 2.24) is 0 Å². The molecule has 0 aliphatic heterocycles. The second-order valence-corrected chi connectivity index (χ2v) is 1.69. The number of ketones is 1. The molecule has 0 aromatic heterocycles. The lowest BCUT2D eigenvalue weighted by Crippen LogP contribution is -2.00. The minimum Gasteiger partial charge on any atom is -0.512 e. The molecule has 0 rings (SSSR count). The first-order valence-corrected chi connectivity index (χ1v) is 2.79. The maximum Gasteiger partial charge on any atom is 0.200 e. The first kappa shape index (κ1) is 8.01. The van der Waals surface area contributed by atoms with E-state index in [1.54, 1.807) is 0 Å². The predicted octanol–water partition coefficient (Wildman–Crippen LogP) is 1.31. The SMILES string of the molecule is CCCC(=O)/C(O)=C/O. The maximum atomic E-state index is 10.5. The van der Waals surface area contributed by atoms with Crippen LogP contribution in [0.1, 0.15) is 19.8 Å². The fourth-order valence-electron chi connectivity index (χ4n) is 0.427. The Bertz CT molecular complexity index is 126. The van der Waals surface area contributed by atoms with Crippen molar-refractivity contribution >= 4 is 5.78 Å². The van der Waals surface area contributed by atoms with E-state index in [1.807, 2.05) is 6.92 Å². The van der Waals surface area contributed by atoms with E-state index in [9.17, 15) is 4.79 Å². The molecule has 2 N–H and O–H groups in total. The molecule has 3 nitrogen and oxygen atoms in total. The van der Waals surface area contributed by atoms with Crippen LogP contribution >= 0.6 is 0 Å². The van der Waals surface area contributed by atoms with E-state index < -0.39 is 11.5 Å². The number of Topliss-reactive ketones (excluding diaryl/α,β-unsaturated/α-hetero) is 1. The predicted molar refractivity (Wildman–Crippen MR) is 33.3 cm³/mol. The Balaban J connectivity index is 3.74. The Morgan fingerprint density at radius 2 is 2.22 bits per heavy atom.